The first-order valence-corrected chi connectivity index (χ1v) is 5.59. The average molecular weight is 237 g/mol. The fourth-order valence-electron chi connectivity index (χ4n) is 1.54. The lowest BCUT2D eigenvalue weighted by Gasteiger charge is -2.34. The van der Waals surface area contributed by atoms with Gasteiger partial charge in [-0.3, -0.25) is 4.90 Å². The van der Waals surface area contributed by atoms with Crippen LogP contribution in [0.3, 0.4) is 0 Å². The van der Waals surface area contributed by atoms with Crippen molar-refractivity contribution in [1.82, 2.24) is 0 Å². The molecule has 1 amide bonds. The van der Waals surface area contributed by atoms with Gasteiger partial charge < -0.3 is 9.84 Å². The second kappa shape index (κ2) is 5.68. The molecule has 0 aliphatic heterocycles. The molecule has 0 saturated carbocycles. The molecular formula is C13H19NO3. The zero-order chi connectivity index (χ0) is 12.9. The maximum atomic E-state index is 11.9. The lowest BCUT2D eigenvalue weighted by molar-refractivity contribution is 0.121. The van der Waals surface area contributed by atoms with Crippen molar-refractivity contribution in [3.05, 3.63) is 30.3 Å². The number of ether oxygens (including phenoxy) is 1. The molecule has 1 aromatic rings. The molecule has 0 unspecified atom stereocenters. The molecule has 94 valence electrons. The van der Waals surface area contributed by atoms with E-state index in [0.29, 0.717) is 0 Å². The average Bonchev–Trinajstić information content (AvgIpc) is 2.26. The van der Waals surface area contributed by atoms with Gasteiger partial charge in [0.1, 0.15) is 6.61 Å². The molecule has 4 nitrogen and oxygen atoms in total. The van der Waals surface area contributed by atoms with E-state index in [1.54, 1.807) is 4.90 Å². The standard InChI is InChI=1S/C13H19NO3/c1-13(2,3)14(12(16)17-10-9-15)11-7-5-4-6-8-11/h4-8,15H,9-10H2,1-3H3. The largest absolute Gasteiger partial charge is 0.447 e. The van der Waals surface area contributed by atoms with E-state index in [4.69, 9.17) is 9.84 Å². The van der Waals surface area contributed by atoms with Crippen molar-refractivity contribution in [2.45, 2.75) is 26.3 Å². The number of amides is 1. The Kier molecular flexibility index (Phi) is 4.52. The normalized spacial score (nSPS) is 11.1. The zero-order valence-electron chi connectivity index (χ0n) is 10.5. The van der Waals surface area contributed by atoms with Crippen LogP contribution in [0, 0.1) is 0 Å². The highest BCUT2D eigenvalue weighted by molar-refractivity contribution is 5.89. The third-order valence-corrected chi connectivity index (χ3v) is 2.18. The van der Waals surface area contributed by atoms with Gasteiger partial charge >= 0.3 is 6.09 Å². The number of anilines is 1. The Labute approximate surface area is 102 Å². The maximum Gasteiger partial charge on any atom is 0.414 e. The van der Waals surface area contributed by atoms with Crippen LogP contribution in [-0.4, -0.2) is 30.0 Å². The number of hydrogen-bond donors (Lipinski definition) is 1. The van der Waals surface area contributed by atoms with Gasteiger partial charge in [0.2, 0.25) is 0 Å². The molecule has 17 heavy (non-hydrogen) atoms. The highest BCUT2D eigenvalue weighted by Crippen LogP contribution is 2.24. The summed E-state index contributed by atoms with van der Waals surface area (Å²) in [5.41, 5.74) is 0.399. The van der Waals surface area contributed by atoms with Crippen LogP contribution in [0.25, 0.3) is 0 Å². The van der Waals surface area contributed by atoms with Gasteiger partial charge in [0, 0.05) is 11.2 Å². The van der Waals surface area contributed by atoms with E-state index in [1.165, 1.54) is 0 Å². The lowest BCUT2D eigenvalue weighted by Crippen LogP contribution is -2.46. The van der Waals surface area contributed by atoms with Gasteiger partial charge in [0.15, 0.2) is 0 Å². The molecule has 0 spiro atoms. The van der Waals surface area contributed by atoms with Crippen molar-refractivity contribution in [3.63, 3.8) is 0 Å². The summed E-state index contributed by atoms with van der Waals surface area (Å²) in [5.74, 6) is 0. The number of hydrogen-bond acceptors (Lipinski definition) is 3. The molecule has 0 radical (unpaired) electrons. The molecule has 0 saturated heterocycles. The fraction of sp³-hybridized carbons (Fsp3) is 0.462. The van der Waals surface area contributed by atoms with E-state index in [1.807, 2.05) is 51.1 Å². The van der Waals surface area contributed by atoms with Crippen molar-refractivity contribution in [2.24, 2.45) is 0 Å². The van der Waals surface area contributed by atoms with Gasteiger partial charge in [0.05, 0.1) is 6.61 Å². The van der Waals surface area contributed by atoms with Crippen molar-refractivity contribution in [1.29, 1.82) is 0 Å². The van der Waals surface area contributed by atoms with Crippen LogP contribution in [-0.2, 0) is 4.74 Å². The van der Waals surface area contributed by atoms with Crippen molar-refractivity contribution < 1.29 is 14.6 Å². The zero-order valence-corrected chi connectivity index (χ0v) is 10.5. The fourth-order valence-corrected chi connectivity index (χ4v) is 1.54. The Bertz CT molecular complexity index is 357. The van der Waals surface area contributed by atoms with E-state index < -0.39 is 6.09 Å². The minimum atomic E-state index is -0.447. The second-order valence-electron chi connectivity index (χ2n) is 4.68. The molecule has 4 heteroatoms. The lowest BCUT2D eigenvalue weighted by atomic mass is 10.1. The van der Waals surface area contributed by atoms with Gasteiger partial charge in [-0.1, -0.05) is 18.2 Å². The minimum absolute atomic E-state index is 0.0121. The van der Waals surface area contributed by atoms with Crippen molar-refractivity contribution in [2.75, 3.05) is 18.1 Å². The summed E-state index contributed by atoms with van der Waals surface area (Å²) in [7, 11) is 0. The molecule has 1 N–H and O–H groups in total. The molecule has 0 bridgehead atoms. The minimum Gasteiger partial charge on any atom is -0.447 e. The first-order chi connectivity index (χ1) is 7.96. The molecular weight excluding hydrogens is 218 g/mol. The van der Waals surface area contributed by atoms with E-state index in [0.717, 1.165) is 5.69 Å². The summed E-state index contributed by atoms with van der Waals surface area (Å²) >= 11 is 0. The monoisotopic (exact) mass is 237 g/mol. The number of aliphatic hydroxyl groups excluding tert-OH is 1. The molecule has 0 fully saturated rings. The highest BCUT2D eigenvalue weighted by atomic mass is 16.6. The summed E-state index contributed by atoms with van der Waals surface area (Å²) < 4.78 is 4.97. The van der Waals surface area contributed by atoms with Crippen LogP contribution in [0.5, 0.6) is 0 Å². The highest BCUT2D eigenvalue weighted by Gasteiger charge is 2.29. The van der Waals surface area contributed by atoms with Crippen LogP contribution in [0.1, 0.15) is 20.8 Å². The SMILES string of the molecule is CC(C)(C)N(C(=O)OCCO)c1ccccc1. The van der Waals surface area contributed by atoms with E-state index in [-0.39, 0.29) is 18.8 Å². The van der Waals surface area contributed by atoms with Crippen LogP contribution in [0.15, 0.2) is 30.3 Å². The smallest absolute Gasteiger partial charge is 0.414 e. The molecule has 0 aromatic heterocycles. The predicted molar refractivity (Wildman–Crippen MR) is 67.1 cm³/mol. The van der Waals surface area contributed by atoms with Gasteiger partial charge in [-0.15, -0.1) is 0 Å². The van der Waals surface area contributed by atoms with Gasteiger partial charge in [0.25, 0.3) is 0 Å². The summed E-state index contributed by atoms with van der Waals surface area (Å²) in [6.07, 6.45) is -0.447. The summed E-state index contributed by atoms with van der Waals surface area (Å²) in [6.45, 7) is 5.64. The van der Waals surface area contributed by atoms with Crippen LogP contribution in [0.2, 0.25) is 0 Å². The second-order valence-corrected chi connectivity index (χ2v) is 4.68. The van der Waals surface area contributed by atoms with Crippen molar-refractivity contribution in [3.8, 4) is 0 Å². The number of benzene rings is 1. The van der Waals surface area contributed by atoms with Crippen molar-refractivity contribution >= 4 is 11.8 Å². The van der Waals surface area contributed by atoms with E-state index in [9.17, 15) is 4.79 Å². The Balaban J connectivity index is 2.94. The Hall–Kier alpha value is -1.55. The molecule has 1 rings (SSSR count). The third kappa shape index (κ3) is 3.75. The molecule has 0 aliphatic carbocycles. The Morgan fingerprint density at radius 3 is 2.35 bits per heavy atom. The number of rotatable bonds is 3. The Morgan fingerprint density at radius 2 is 1.88 bits per heavy atom. The molecule has 1 aromatic carbocycles. The van der Waals surface area contributed by atoms with Gasteiger partial charge in [-0.05, 0) is 32.9 Å². The summed E-state index contributed by atoms with van der Waals surface area (Å²) in [6, 6.07) is 9.33. The van der Waals surface area contributed by atoms with Gasteiger partial charge in [-0.2, -0.15) is 0 Å². The number of carbonyl (C=O) groups excluding carboxylic acids is 1. The number of carbonyl (C=O) groups is 1. The van der Waals surface area contributed by atoms with Crippen LogP contribution in [0.4, 0.5) is 10.5 Å². The van der Waals surface area contributed by atoms with E-state index >= 15 is 0 Å². The van der Waals surface area contributed by atoms with Crippen LogP contribution < -0.4 is 4.90 Å². The van der Waals surface area contributed by atoms with Crippen LogP contribution >= 0.6 is 0 Å². The van der Waals surface area contributed by atoms with E-state index in [2.05, 4.69) is 0 Å². The molecule has 0 aliphatic rings. The maximum absolute atomic E-state index is 11.9. The number of nitrogens with zero attached hydrogens (tertiary/aromatic N) is 1. The molecule has 0 heterocycles. The Morgan fingerprint density at radius 1 is 1.29 bits per heavy atom. The first kappa shape index (κ1) is 13.5. The summed E-state index contributed by atoms with van der Waals surface area (Å²) in [4.78, 5) is 13.5. The third-order valence-electron chi connectivity index (χ3n) is 2.18. The number of para-hydroxylation sites is 1. The van der Waals surface area contributed by atoms with Gasteiger partial charge in [-0.25, -0.2) is 4.79 Å². The molecule has 0 atom stereocenters. The quantitative estimate of drug-likeness (QED) is 0.878. The topological polar surface area (TPSA) is 49.8 Å². The predicted octanol–water partition coefficient (Wildman–Crippen LogP) is 2.42. The number of aliphatic hydroxyl groups is 1. The summed E-state index contributed by atoms with van der Waals surface area (Å²) in [5, 5.41) is 8.67. The first-order valence-electron chi connectivity index (χ1n) is 5.59.